The molecule has 152 valence electrons. The Kier molecular flexibility index (Phi) is 6.81. The third-order valence-electron chi connectivity index (χ3n) is 5.16. The standard InChI is InChI=1S/C24H27NO4/c1-3-28-22-11-10-16(13-23(22)29-4-2)12-20(26)24-19(25)14-18(15-21(24)27)17-8-6-5-7-9-17/h5-11,13,18,24-25H,3-4,12,14-15H2,1-2H3/t18-,24-/m0/s1. The van der Waals surface area contributed by atoms with Gasteiger partial charge in [-0.05, 0) is 49.4 Å². The topological polar surface area (TPSA) is 76.5 Å². The van der Waals surface area contributed by atoms with Gasteiger partial charge in [0.25, 0.3) is 0 Å². The average molecular weight is 393 g/mol. The van der Waals surface area contributed by atoms with Gasteiger partial charge in [0.2, 0.25) is 0 Å². The van der Waals surface area contributed by atoms with E-state index in [1.54, 1.807) is 12.1 Å². The van der Waals surface area contributed by atoms with Crippen LogP contribution in [0.15, 0.2) is 48.5 Å². The van der Waals surface area contributed by atoms with Gasteiger partial charge in [-0.3, -0.25) is 9.59 Å². The summed E-state index contributed by atoms with van der Waals surface area (Å²) in [4.78, 5) is 25.6. The van der Waals surface area contributed by atoms with Gasteiger partial charge in [0.05, 0.1) is 13.2 Å². The maximum absolute atomic E-state index is 12.9. The van der Waals surface area contributed by atoms with Crippen LogP contribution in [-0.2, 0) is 16.0 Å². The first kappa shape index (κ1) is 20.8. The van der Waals surface area contributed by atoms with Crippen molar-refractivity contribution in [3.63, 3.8) is 0 Å². The SMILES string of the molecule is CCOc1ccc(CC(=O)[C@@H]2C(=N)C[C@H](c3ccccc3)CC2=O)cc1OCC. The zero-order valence-corrected chi connectivity index (χ0v) is 16.9. The molecule has 0 aliphatic heterocycles. The number of carbonyl (C=O) groups is 2. The minimum absolute atomic E-state index is 0.0183. The van der Waals surface area contributed by atoms with Gasteiger partial charge in [0.1, 0.15) is 11.7 Å². The van der Waals surface area contributed by atoms with E-state index in [0.29, 0.717) is 37.6 Å². The van der Waals surface area contributed by atoms with Crippen molar-refractivity contribution in [2.24, 2.45) is 5.92 Å². The van der Waals surface area contributed by atoms with Crippen molar-refractivity contribution in [3.8, 4) is 11.5 Å². The van der Waals surface area contributed by atoms with Crippen LogP contribution in [0.2, 0.25) is 0 Å². The summed E-state index contributed by atoms with van der Waals surface area (Å²) in [5, 5.41) is 8.36. The van der Waals surface area contributed by atoms with Crippen molar-refractivity contribution in [1.82, 2.24) is 0 Å². The van der Waals surface area contributed by atoms with E-state index >= 15 is 0 Å². The van der Waals surface area contributed by atoms with Crippen molar-refractivity contribution in [2.45, 2.75) is 39.0 Å². The molecule has 2 aromatic rings. The van der Waals surface area contributed by atoms with Gasteiger partial charge in [-0.25, -0.2) is 0 Å². The van der Waals surface area contributed by atoms with E-state index in [4.69, 9.17) is 14.9 Å². The molecule has 0 bridgehead atoms. The minimum atomic E-state index is -0.933. The highest BCUT2D eigenvalue weighted by molar-refractivity contribution is 6.22. The minimum Gasteiger partial charge on any atom is -0.490 e. The van der Waals surface area contributed by atoms with E-state index in [2.05, 4.69) is 0 Å². The highest BCUT2D eigenvalue weighted by atomic mass is 16.5. The second-order valence-corrected chi connectivity index (χ2v) is 7.23. The van der Waals surface area contributed by atoms with Gasteiger partial charge in [0.15, 0.2) is 17.3 Å². The molecular formula is C24H27NO4. The van der Waals surface area contributed by atoms with E-state index < -0.39 is 5.92 Å². The van der Waals surface area contributed by atoms with Gasteiger partial charge >= 0.3 is 0 Å². The zero-order valence-electron chi connectivity index (χ0n) is 16.9. The molecule has 1 saturated carbocycles. The molecule has 3 rings (SSSR count). The fourth-order valence-corrected chi connectivity index (χ4v) is 3.85. The molecule has 1 fully saturated rings. The van der Waals surface area contributed by atoms with Crippen LogP contribution in [0.5, 0.6) is 11.5 Å². The predicted molar refractivity (Wildman–Crippen MR) is 112 cm³/mol. The summed E-state index contributed by atoms with van der Waals surface area (Å²) in [6.45, 7) is 4.80. The lowest BCUT2D eigenvalue weighted by atomic mass is 9.74. The normalized spacial score (nSPS) is 19.1. The molecule has 0 amide bonds. The smallest absolute Gasteiger partial charge is 0.161 e. The largest absolute Gasteiger partial charge is 0.490 e. The molecule has 0 heterocycles. The Morgan fingerprint density at radius 3 is 2.34 bits per heavy atom. The summed E-state index contributed by atoms with van der Waals surface area (Å²) in [6, 6.07) is 15.1. The lowest BCUT2D eigenvalue weighted by molar-refractivity contribution is -0.130. The molecule has 0 aromatic heterocycles. The summed E-state index contributed by atoms with van der Waals surface area (Å²) in [5.74, 6) is -0.104. The second-order valence-electron chi connectivity index (χ2n) is 7.23. The molecule has 0 radical (unpaired) electrons. The number of Topliss-reactive ketones (excluding diaryl/α,β-unsaturated/α-hetero) is 2. The molecule has 29 heavy (non-hydrogen) atoms. The Labute approximate surface area is 171 Å². The summed E-state index contributed by atoms with van der Waals surface area (Å²) in [6.07, 6.45) is 0.844. The molecule has 0 unspecified atom stereocenters. The van der Waals surface area contributed by atoms with Crippen molar-refractivity contribution >= 4 is 17.3 Å². The number of hydrogen-bond donors (Lipinski definition) is 1. The van der Waals surface area contributed by atoms with Crippen LogP contribution < -0.4 is 9.47 Å². The third kappa shape index (κ3) is 4.91. The van der Waals surface area contributed by atoms with Gasteiger partial charge < -0.3 is 14.9 Å². The molecular weight excluding hydrogens is 366 g/mol. The van der Waals surface area contributed by atoms with Crippen LogP contribution in [0, 0.1) is 11.3 Å². The van der Waals surface area contributed by atoms with Crippen molar-refractivity contribution in [1.29, 1.82) is 5.41 Å². The predicted octanol–water partition coefficient (Wildman–Crippen LogP) is 4.38. The van der Waals surface area contributed by atoms with Crippen LogP contribution in [0.25, 0.3) is 0 Å². The summed E-state index contributed by atoms with van der Waals surface area (Å²) in [5.41, 5.74) is 2.02. The fraction of sp³-hybridized carbons (Fsp3) is 0.375. The van der Waals surface area contributed by atoms with E-state index in [9.17, 15) is 9.59 Å². The molecule has 5 heteroatoms. The Morgan fingerprint density at radius 2 is 1.69 bits per heavy atom. The Balaban J connectivity index is 1.71. The maximum atomic E-state index is 12.9. The lowest BCUT2D eigenvalue weighted by Gasteiger charge is -2.28. The van der Waals surface area contributed by atoms with E-state index in [1.165, 1.54) is 0 Å². The van der Waals surface area contributed by atoms with Crippen molar-refractivity contribution in [2.75, 3.05) is 13.2 Å². The zero-order chi connectivity index (χ0) is 20.8. The van der Waals surface area contributed by atoms with E-state index in [-0.39, 0.29) is 29.6 Å². The second kappa shape index (κ2) is 9.50. The van der Waals surface area contributed by atoms with Crippen molar-refractivity contribution in [3.05, 3.63) is 59.7 Å². The Morgan fingerprint density at radius 1 is 1.00 bits per heavy atom. The summed E-state index contributed by atoms with van der Waals surface area (Å²) in [7, 11) is 0. The molecule has 2 aromatic carbocycles. The first-order valence-electron chi connectivity index (χ1n) is 10.1. The molecule has 0 spiro atoms. The van der Waals surface area contributed by atoms with E-state index in [0.717, 1.165) is 11.1 Å². The fourth-order valence-electron chi connectivity index (χ4n) is 3.85. The number of carbonyl (C=O) groups excluding carboxylic acids is 2. The molecule has 1 aliphatic rings. The third-order valence-corrected chi connectivity index (χ3v) is 5.16. The number of ether oxygens (including phenoxy) is 2. The number of rotatable bonds is 8. The van der Waals surface area contributed by atoms with Crippen LogP contribution in [0.4, 0.5) is 0 Å². The number of ketones is 2. The van der Waals surface area contributed by atoms with Gasteiger partial charge in [0, 0.05) is 18.6 Å². The number of hydrogen-bond acceptors (Lipinski definition) is 5. The van der Waals surface area contributed by atoms with E-state index in [1.807, 2.05) is 50.2 Å². The van der Waals surface area contributed by atoms with Crippen LogP contribution in [0.3, 0.4) is 0 Å². The van der Waals surface area contributed by atoms with Crippen LogP contribution in [0.1, 0.15) is 43.7 Å². The highest BCUT2D eigenvalue weighted by Crippen LogP contribution is 2.33. The Bertz CT molecular complexity index is 873. The van der Waals surface area contributed by atoms with Crippen LogP contribution >= 0.6 is 0 Å². The average Bonchev–Trinajstić information content (AvgIpc) is 2.70. The van der Waals surface area contributed by atoms with Crippen LogP contribution in [-0.4, -0.2) is 30.5 Å². The Hall–Kier alpha value is -2.95. The molecule has 2 atom stereocenters. The molecule has 0 saturated heterocycles. The molecule has 1 aliphatic carbocycles. The molecule has 1 N–H and O–H groups in total. The molecule has 5 nitrogen and oxygen atoms in total. The van der Waals surface area contributed by atoms with Gasteiger partial charge in [-0.1, -0.05) is 36.4 Å². The maximum Gasteiger partial charge on any atom is 0.161 e. The monoisotopic (exact) mass is 393 g/mol. The van der Waals surface area contributed by atoms with Gasteiger partial charge in [-0.15, -0.1) is 0 Å². The van der Waals surface area contributed by atoms with Crippen molar-refractivity contribution < 1.29 is 19.1 Å². The van der Waals surface area contributed by atoms with Gasteiger partial charge in [-0.2, -0.15) is 0 Å². The number of nitrogens with one attached hydrogen (secondary N) is 1. The summed E-state index contributed by atoms with van der Waals surface area (Å²) < 4.78 is 11.2. The lowest BCUT2D eigenvalue weighted by Crippen LogP contribution is -2.38. The highest BCUT2D eigenvalue weighted by Gasteiger charge is 2.37. The first-order chi connectivity index (χ1) is 14.0. The quantitative estimate of drug-likeness (QED) is 0.675. The first-order valence-corrected chi connectivity index (χ1v) is 10.1. The summed E-state index contributed by atoms with van der Waals surface area (Å²) >= 11 is 0. The number of benzene rings is 2.